The second-order valence-corrected chi connectivity index (χ2v) is 6.01. The largest absolute Gasteiger partial charge is 0.493 e. The van der Waals surface area contributed by atoms with Gasteiger partial charge in [-0.05, 0) is 36.8 Å². The third-order valence-electron chi connectivity index (χ3n) is 4.27. The number of aryl methyl sites for hydroxylation is 1. The highest BCUT2D eigenvalue weighted by Crippen LogP contribution is 2.38. The predicted octanol–water partition coefficient (Wildman–Crippen LogP) is 3.72. The second kappa shape index (κ2) is 7.99. The summed E-state index contributed by atoms with van der Waals surface area (Å²) in [5, 5.41) is 2.89. The molecule has 0 radical (unpaired) electrons. The number of imidazole rings is 1. The Kier molecular flexibility index (Phi) is 5.49. The molecule has 0 saturated carbocycles. The predicted molar refractivity (Wildman–Crippen MR) is 104 cm³/mol. The maximum Gasteiger partial charge on any atom is 0.255 e. The average Bonchev–Trinajstić information content (AvgIpc) is 3.09. The number of carbonyl (C=O) groups is 1. The van der Waals surface area contributed by atoms with E-state index in [1.54, 1.807) is 12.1 Å². The summed E-state index contributed by atoms with van der Waals surface area (Å²) in [4.78, 5) is 17.1. The van der Waals surface area contributed by atoms with Crippen LogP contribution in [0, 0.1) is 0 Å². The van der Waals surface area contributed by atoms with Crippen molar-refractivity contribution in [2.75, 3.05) is 26.6 Å². The number of hydrogen-bond acceptors (Lipinski definition) is 5. The van der Waals surface area contributed by atoms with Gasteiger partial charge in [0.25, 0.3) is 5.91 Å². The number of aromatic nitrogens is 2. The van der Waals surface area contributed by atoms with Crippen LogP contribution in [0.4, 0.5) is 5.69 Å². The summed E-state index contributed by atoms with van der Waals surface area (Å²) >= 11 is 0. The molecule has 0 aliphatic rings. The summed E-state index contributed by atoms with van der Waals surface area (Å²) in [6.45, 7) is 3.03. The number of carbonyl (C=O) groups excluding carboxylic acids is 1. The fourth-order valence-corrected chi connectivity index (χ4v) is 2.98. The van der Waals surface area contributed by atoms with Gasteiger partial charge in [0.15, 0.2) is 11.5 Å². The van der Waals surface area contributed by atoms with Crippen molar-refractivity contribution in [3.8, 4) is 17.2 Å². The topological polar surface area (TPSA) is 74.6 Å². The van der Waals surface area contributed by atoms with Crippen molar-refractivity contribution in [1.29, 1.82) is 0 Å². The highest BCUT2D eigenvalue weighted by atomic mass is 16.5. The van der Waals surface area contributed by atoms with Crippen molar-refractivity contribution in [1.82, 2.24) is 9.55 Å². The van der Waals surface area contributed by atoms with E-state index >= 15 is 0 Å². The molecule has 2 aromatic carbocycles. The Labute approximate surface area is 157 Å². The number of fused-ring (bicyclic) bond motifs is 1. The first kappa shape index (κ1) is 18.6. The third-order valence-corrected chi connectivity index (χ3v) is 4.27. The average molecular weight is 369 g/mol. The first-order valence-corrected chi connectivity index (χ1v) is 8.67. The molecule has 27 heavy (non-hydrogen) atoms. The SMILES string of the molecule is CCCn1cnc2cc(NC(=O)c3cc(OC)c(OC)c(OC)c3)ccc21. The van der Waals surface area contributed by atoms with Crippen molar-refractivity contribution in [3.63, 3.8) is 0 Å². The monoisotopic (exact) mass is 369 g/mol. The standard InChI is InChI=1S/C20H23N3O4/c1-5-8-23-12-21-15-11-14(6-7-16(15)23)22-20(24)13-9-17(25-2)19(27-4)18(10-13)26-3/h6-7,9-12H,5,8H2,1-4H3,(H,22,24). The lowest BCUT2D eigenvalue weighted by atomic mass is 10.1. The highest BCUT2D eigenvalue weighted by molar-refractivity contribution is 6.05. The number of benzene rings is 2. The molecule has 3 aromatic rings. The molecule has 7 nitrogen and oxygen atoms in total. The van der Waals surface area contributed by atoms with Gasteiger partial charge in [0.2, 0.25) is 5.75 Å². The highest BCUT2D eigenvalue weighted by Gasteiger charge is 2.17. The van der Waals surface area contributed by atoms with E-state index in [0.29, 0.717) is 28.5 Å². The smallest absolute Gasteiger partial charge is 0.255 e. The molecule has 0 saturated heterocycles. The zero-order valence-corrected chi connectivity index (χ0v) is 15.9. The molecule has 0 unspecified atom stereocenters. The van der Waals surface area contributed by atoms with Crippen molar-refractivity contribution >= 4 is 22.6 Å². The first-order valence-electron chi connectivity index (χ1n) is 8.67. The van der Waals surface area contributed by atoms with E-state index in [2.05, 4.69) is 21.8 Å². The van der Waals surface area contributed by atoms with E-state index in [-0.39, 0.29) is 5.91 Å². The van der Waals surface area contributed by atoms with Crippen LogP contribution >= 0.6 is 0 Å². The summed E-state index contributed by atoms with van der Waals surface area (Å²) in [6, 6.07) is 8.92. The molecule has 1 aromatic heterocycles. The number of methoxy groups -OCH3 is 3. The van der Waals surface area contributed by atoms with Crippen LogP contribution in [0.3, 0.4) is 0 Å². The van der Waals surface area contributed by atoms with Gasteiger partial charge >= 0.3 is 0 Å². The quantitative estimate of drug-likeness (QED) is 0.687. The van der Waals surface area contributed by atoms with Gasteiger partial charge in [-0.15, -0.1) is 0 Å². The van der Waals surface area contributed by atoms with Crippen LogP contribution in [0.25, 0.3) is 11.0 Å². The molecule has 1 heterocycles. The number of nitrogens with zero attached hydrogens (tertiary/aromatic N) is 2. The fraction of sp³-hybridized carbons (Fsp3) is 0.300. The molecule has 142 valence electrons. The lowest BCUT2D eigenvalue weighted by Crippen LogP contribution is -2.12. The van der Waals surface area contributed by atoms with Crippen LogP contribution in [0.2, 0.25) is 0 Å². The van der Waals surface area contributed by atoms with Crippen LogP contribution in [0.1, 0.15) is 23.7 Å². The normalized spacial score (nSPS) is 10.7. The summed E-state index contributed by atoms with van der Waals surface area (Å²) in [7, 11) is 4.55. The maximum atomic E-state index is 12.7. The van der Waals surface area contributed by atoms with Gasteiger partial charge in [0.05, 0.1) is 38.7 Å². The Morgan fingerprint density at radius 3 is 2.37 bits per heavy atom. The number of anilines is 1. The maximum absolute atomic E-state index is 12.7. The van der Waals surface area contributed by atoms with E-state index in [9.17, 15) is 4.79 Å². The molecule has 0 fully saturated rings. The number of rotatable bonds is 7. The Bertz CT molecular complexity index is 940. The molecule has 3 rings (SSSR count). The molecule has 0 bridgehead atoms. The third kappa shape index (κ3) is 3.67. The van der Waals surface area contributed by atoms with Gasteiger partial charge in [-0.3, -0.25) is 4.79 Å². The fourth-order valence-electron chi connectivity index (χ4n) is 2.98. The second-order valence-electron chi connectivity index (χ2n) is 6.01. The number of nitrogens with one attached hydrogen (secondary N) is 1. The van der Waals surface area contributed by atoms with E-state index in [1.165, 1.54) is 21.3 Å². The molecular weight excluding hydrogens is 346 g/mol. The molecular formula is C20H23N3O4. The molecule has 0 spiro atoms. The zero-order chi connectivity index (χ0) is 19.4. The molecule has 1 amide bonds. The molecule has 0 atom stereocenters. The first-order chi connectivity index (χ1) is 13.1. The van der Waals surface area contributed by atoms with Crippen molar-refractivity contribution in [2.24, 2.45) is 0 Å². The molecule has 0 aliphatic heterocycles. The van der Waals surface area contributed by atoms with Crippen molar-refractivity contribution < 1.29 is 19.0 Å². The minimum absolute atomic E-state index is 0.276. The van der Waals surface area contributed by atoms with E-state index in [1.807, 2.05) is 24.5 Å². The lowest BCUT2D eigenvalue weighted by Gasteiger charge is -2.14. The van der Waals surface area contributed by atoms with Gasteiger partial charge in [-0.2, -0.15) is 0 Å². The van der Waals surface area contributed by atoms with Crippen LogP contribution in [0.5, 0.6) is 17.2 Å². The zero-order valence-electron chi connectivity index (χ0n) is 15.9. The Hall–Kier alpha value is -3.22. The Balaban J connectivity index is 1.87. The van der Waals surface area contributed by atoms with Crippen molar-refractivity contribution in [2.45, 2.75) is 19.9 Å². The van der Waals surface area contributed by atoms with Crippen LogP contribution in [0.15, 0.2) is 36.7 Å². The van der Waals surface area contributed by atoms with Gasteiger partial charge < -0.3 is 24.1 Å². The minimum atomic E-state index is -0.276. The number of hydrogen-bond donors (Lipinski definition) is 1. The van der Waals surface area contributed by atoms with E-state index in [0.717, 1.165) is 24.0 Å². The van der Waals surface area contributed by atoms with Gasteiger partial charge in [-0.25, -0.2) is 4.98 Å². The van der Waals surface area contributed by atoms with Gasteiger partial charge in [-0.1, -0.05) is 6.92 Å². The minimum Gasteiger partial charge on any atom is -0.493 e. The molecule has 0 aliphatic carbocycles. The summed E-state index contributed by atoms with van der Waals surface area (Å²) < 4.78 is 18.0. The molecule has 1 N–H and O–H groups in total. The van der Waals surface area contributed by atoms with Gasteiger partial charge in [0.1, 0.15) is 0 Å². The van der Waals surface area contributed by atoms with Crippen molar-refractivity contribution in [3.05, 3.63) is 42.2 Å². The van der Waals surface area contributed by atoms with Crippen LogP contribution < -0.4 is 19.5 Å². The van der Waals surface area contributed by atoms with E-state index in [4.69, 9.17) is 14.2 Å². The summed E-state index contributed by atoms with van der Waals surface area (Å²) in [6.07, 6.45) is 2.85. The Morgan fingerprint density at radius 1 is 1.07 bits per heavy atom. The summed E-state index contributed by atoms with van der Waals surface area (Å²) in [5.41, 5.74) is 2.96. The van der Waals surface area contributed by atoms with Crippen LogP contribution in [-0.4, -0.2) is 36.8 Å². The Morgan fingerprint density at radius 2 is 1.78 bits per heavy atom. The molecule has 7 heteroatoms. The number of amides is 1. The van der Waals surface area contributed by atoms with E-state index < -0.39 is 0 Å². The number of ether oxygens (including phenoxy) is 3. The van der Waals surface area contributed by atoms with Crippen LogP contribution in [-0.2, 0) is 6.54 Å². The lowest BCUT2D eigenvalue weighted by molar-refractivity contribution is 0.102. The summed E-state index contributed by atoms with van der Waals surface area (Å²) in [5.74, 6) is 1.02. The van der Waals surface area contributed by atoms with Gasteiger partial charge in [0, 0.05) is 17.8 Å².